The Morgan fingerprint density at radius 2 is 2.05 bits per heavy atom. The number of anilines is 1. The standard InChI is InChI=1S/C17H27NO/c1-4-13-19-15-10-6-5-9-14(15)18-16-11-7-8-12-17(16,2)3/h5-6,9-10,16,18H,4,7-8,11-13H2,1-3H3. The van der Waals surface area contributed by atoms with Gasteiger partial charge in [-0.1, -0.05) is 45.7 Å². The van der Waals surface area contributed by atoms with E-state index in [4.69, 9.17) is 4.74 Å². The van der Waals surface area contributed by atoms with Crippen LogP contribution in [0.2, 0.25) is 0 Å². The van der Waals surface area contributed by atoms with Crippen LogP contribution in [0, 0.1) is 5.41 Å². The van der Waals surface area contributed by atoms with Crippen LogP contribution in [-0.4, -0.2) is 12.6 Å². The second-order valence-corrected chi connectivity index (χ2v) is 6.28. The van der Waals surface area contributed by atoms with E-state index in [1.807, 2.05) is 6.07 Å². The molecule has 2 nitrogen and oxygen atoms in total. The predicted octanol–water partition coefficient (Wildman–Crippen LogP) is 4.86. The van der Waals surface area contributed by atoms with Crippen LogP contribution in [0.3, 0.4) is 0 Å². The van der Waals surface area contributed by atoms with Crippen molar-refractivity contribution in [3.8, 4) is 5.75 Å². The van der Waals surface area contributed by atoms with E-state index in [0.29, 0.717) is 11.5 Å². The van der Waals surface area contributed by atoms with Crippen LogP contribution in [0.5, 0.6) is 5.75 Å². The highest BCUT2D eigenvalue weighted by atomic mass is 16.5. The highest BCUT2D eigenvalue weighted by molar-refractivity contribution is 5.57. The summed E-state index contributed by atoms with van der Waals surface area (Å²) in [5.41, 5.74) is 1.52. The summed E-state index contributed by atoms with van der Waals surface area (Å²) in [6.45, 7) is 7.67. The van der Waals surface area contributed by atoms with Gasteiger partial charge in [-0.05, 0) is 36.8 Å². The molecule has 0 saturated heterocycles. The van der Waals surface area contributed by atoms with Gasteiger partial charge >= 0.3 is 0 Å². The van der Waals surface area contributed by atoms with E-state index in [2.05, 4.69) is 44.3 Å². The highest BCUT2D eigenvalue weighted by Crippen LogP contribution is 2.38. The summed E-state index contributed by atoms with van der Waals surface area (Å²) in [5, 5.41) is 3.72. The number of nitrogens with one attached hydrogen (secondary N) is 1. The Balaban J connectivity index is 2.09. The third-order valence-electron chi connectivity index (χ3n) is 4.19. The van der Waals surface area contributed by atoms with E-state index >= 15 is 0 Å². The minimum absolute atomic E-state index is 0.371. The lowest BCUT2D eigenvalue weighted by molar-refractivity contribution is 0.216. The topological polar surface area (TPSA) is 21.3 Å². The fraction of sp³-hybridized carbons (Fsp3) is 0.647. The molecule has 0 aliphatic heterocycles. The Bertz CT molecular complexity index is 400. The molecule has 1 aromatic carbocycles. The predicted molar refractivity (Wildman–Crippen MR) is 81.9 cm³/mol. The third-order valence-corrected chi connectivity index (χ3v) is 4.19. The maximum absolute atomic E-state index is 5.83. The molecule has 1 N–H and O–H groups in total. The Morgan fingerprint density at radius 3 is 2.79 bits per heavy atom. The molecule has 1 atom stereocenters. The molecule has 2 rings (SSSR count). The quantitative estimate of drug-likeness (QED) is 0.817. The molecule has 1 aromatic rings. The zero-order valence-electron chi connectivity index (χ0n) is 12.5. The molecule has 0 spiro atoms. The molecular formula is C17H27NO. The van der Waals surface area contributed by atoms with Crippen molar-refractivity contribution in [2.75, 3.05) is 11.9 Å². The molecule has 0 radical (unpaired) electrons. The van der Waals surface area contributed by atoms with Crippen LogP contribution in [0.4, 0.5) is 5.69 Å². The molecular weight excluding hydrogens is 234 g/mol. The molecule has 0 amide bonds. The maximum Gasteiger partial charge on any atom is 0.142 e. The van der Waals surface area contributed by atoms with Crippen molar-refractivity contribution in [1.29, 1.82) is 0 Å². The van der Waals surface area contributed by atoms with Crippen molar-refractivity contribution in [1.82, 2.24) is 0 Å². The summed E-state index contributed by atoms with van der Waals surface area (Å²) in [4.78, 5) is 0. The first-order valence-electron chi connectivity index (χ1n) is 7.62. The highest BCUT2D eigenvalue weighted by Gasteiger charge is 2.32. The summed E-state index contributed by atoms with van der Waals surface area (Å²) in [5.74, 6) is 0.991. The first-order chi connectivity index (χ1) is 9.13. The van der Waals surface area contributed by atoms with Gasteiger partial charge in [0, 0.05) is 6.04 Å². The molecule has 19 heavy (non-hydrogen) atoms. The lowest BCUT2D eigenvalue weighted by atomic mass is 9.73. The number of rotatable bonds is 5. The van der Waals surface area contributed by atoms with Crippen molar-refractivity contribution in [2.45, 2.75) is 58.9 Å². The first-order valence-corrected chi connectivity index (χ1v) is 7.62. The lowest BCUT2D eigenvalue weighted by Gasteiger charge is -2.39. The van der Waals surface area contributed by atoms with Crippen molar-refractivity contribution >= 4 is 5.69 Å². The fourth-order valence-corrected chi connectivity index (χ4v) is 2.87. The van der Waals surface area contributed by atoms with Gasteiger partial charge in [0.2, 0.25) is 0 Å². The van der Waals surface area contributed by atoms with E-state index in [-0.39, 0.29) is 0 Å². The second kappa shape index (κ2) is 6.31. The van der Waals surface area contributed by atoms with E-state index in [0.717, 1.165) is 24.5 Å². The Kier molecular flexibility index (Phi) is 4.73. The van der Waals surface area contributed by atoms with Gasteiger partial charge in [0.05, 0.1) is 12.3 Å². The monoisotopic (exact) mass is 261 g/mol. The summed E-state index contributed by atoms with van der Waals surface area (Å²) in [6, 6.07) is 8.87. The average Bonchev–Trinajstić information content (AvgIpc) is 2.40. The number of para-hydroxylation sites is 2. The van der Waals surface area contributed by atoms with Gasteiger partial charge < -0.3 is 10.1 Å². The summed E-state index contributed by atoms with van der Waals surface area (Å²) < 4.78 is 5.83. The Hall–Kier alpha value is -1.18. The number of benzene rings is 1. The van der Waals surface area contributed by atoms with Gasteiger partial charge in [-0.3, -0.25) is 0 Å². The van der Waals surface area contributed by atoms with Crippen LogP contribution >= 0.6 is 0 Å². The average molecular weight is 261 g/mol. The molecule has 2 heteroatoms. The van der Waals surface area contributed by atoms with E-state index in [9.17, 15) is 0 Å². The summed E-state index contributed by atoms with van der Waals surface area (Å²) in [6.07, 6.45) is 6.30. The third kappa shape index (κ3) is 3.65. The smallest absolute Gasteiger partial charge is 0.142 e. The van der Waals surface area contributed by atoms with Crippen molar-refractivity contribution < 1.29 is 4.74 Å². The second-order valence-electron chi connectivity index (χ2n) is 6.28. The molecule has 1 fully saturated rings. The molecule has 1 aliphatic rings. The van der Waals surface area contributed by atoms with Gasteiger partial charge in [-0.2, -0.15) is 0 Å². The molecule has 1 unspecified atom stereocenters. The zero-order valence-corrected chi connectivity index (χ0v) is 12.5. The number of hydrogen-bond donors (Lipinski definition) is 1. The fourth-order valence-electron chi connectivity index (χ4n) is 2.87. The first kappa shape index (κ1) is 14.2. The van der Waals surface area contributed by atoms with Crippen molar-refractivity contribution in [2.24, 2.45) is 5.41 Å². The minimum Gasteiger partial charge on any atom is -0.491 e. The number of ether oxygens (including phenoxy) is 1. The summed E-state index contributed by atoms with van der Waals surface area (Å²) >= 11 is 0. The molecule has 0 aromatic heterocycles. The van der Waals surface area contributed by atoms with Crippen LogP contribution in [0.1, 0.15) is 52.9 Å². The van der Waals surface area contributed by atoms with E-state index < -0.39 is 0 Å². The zero-order chi connectivity index (χ0) is 13.7. The molecule has 1 saturated carbocycles. The van der Waals surface area contributed by atoms with E-state index in [1.54, 1.807) is 0 Å². The summed E-state index contributed by atoms with van der Waals surface area (Å²) in [7, 11) is 0. The van der Waals surface area contributed by atoms with Crippen molar-refractivity contribution in [3.63, 3.8) is 0 Å². The Morgan fingerprint density at radius 1 is 1.26 bits per heavy atom. The molecule has 0 bridgehead atoms. The Labute approximate surface area is 117 Å². The molecule has 106 valence electrons. The van der Waals surface area contributed by atoms with Crippen molar-refractivity contribution in [3.05, 3.63) is 24.3 Å². The van der Waals surface area contributed by atoms with Gasteiger partial charge in [0.1, 0.15) is 5.75 Å². The van der Waals surface area contributed by atoms with Gasteiger partial charge in [0.25, 0.3) is 0 Å². The normalized spacial score (nSPS) is 21.9. The van der Waals surface area contributed by atoms with Crippen LogP contribution in [0.15, 0.2) is 24.3 Å². The maximum atomic E-state index is 5.83. The van der Waals surface area contributed by atoms with Crippen LogP contribution < -0.4 is 10.1 Å². The van der Waals surface area contributed by atoms with E-state index in [1.165, 1.54) is 25.7 Å². The van der Waals surface area contributed by atoms with Gasteiger partial charge in [0.15, 0.2) is 0 Å². The lowest BCUT2D eigenvalue weighted by Crippen LogP contribution is -2.39. The molecule has 0 heterocycles. The minimum atomic E-state index is 0.371. The largest absolute Gasteiger partial charge is 0.491 e. The van der Waals surface area contributed by atoms with Gasteiger partial charge in [-0.15, -0.1) is 0 Å². The SMILES string of the molecule is CCCOc1ccccc1NC1CCCCC1(C)C. The molecule has 1 aliphatic carbocycles. The van der Waals surface area contributed by atoms with Crippen LogP contribution in [-0.2, 0) is 0 Å². The number of hydrogen-bond acceptors (Lipinski definition) is 2. The van der Waals surface area contributed by atoms with Crippen LogP contribution in [0.25, 0.3) is 0 Å². The van der Waals surface area contributed by atoms with Gasteiger partial charge in [-0.25, -0.2) is 0 Å².